The largest absolute Gasteiger partial charge is 0.366 e. The molecule has 0 fully saturated rings. The number of nitrogens with one attached hydrogen (secondary N) is 2. The summed E-state index contributed by atoms with van der Waals surface area (Å²) >= 11 is 0. The highest BCUT2D eigenvalue weighted by Gasteiger charge is 2.26. The third-order valence-corrected chi connectivity index (χ3v) is 4.41. The molecule has 30 heavy (non-hydrogen) atoms. The summed E-state index contributed by atoms with van der Waals surface area (Å²) in [6.45, 7) is 2.73. The topological polar surface area (TPSA) is 118 Å². The molecule has 0 aliphatic rings. The summed E-state index contributed by atoms with van der Waals surface area (Å²) in [5.74, 6) is -1.61. The number of rotatable bonds is 9. The van der Waals surface area contributed by atoms with Crippen LogP contribution in [0.4, 0.5) is 0 Å². The van der Waals surface area contributed by atoms with Crippen molar-refractivity contribution < 1.29 is 19.2 Å². The molecule has 2 aromatic rings. The molecule has 0 bridgehead atoms. The van der Waals surface area contributed by atoms with Gasteiger partial charge < -0.3 is 16.4 Å². The number of amides is 3. The van der Waals surface area contributed by atoms with Crippen LogP contribution in [0, 0.1) is 0 Å². The zero-order chi connectivity index (χ0) is 22.1. The Bertz CT molecular complexity index is 937. The first-order chi connectivity index (χ1) is 14.3. The van der Waals surface area contributed by atoms with Gasteiger partial charge in [-0.1, -0.05) is 54.6 Å². The second kappa shape index (κ2) is 10.7. The van der Waals surface area contributed by atoms with Crippen molar-refractivity contribution in [1.29, 1.82) is 0 Å². The molecule has 0 aromatic heterocycles. The molecule has 7 heteroatoms. The molecular weight excluding hydrogens is 382 g/mol. The van der Waals surface area contributed by atoms with Crippen molar-refractivity contribution >= 4 is 29.6 Å². The average Bonchev–Trinajstić information content (AvgIpc) is 2.71. The summed E-state index contributed by atoms with van der Waals surface area (Å²) in [7, 11) is 0. The van der Waals surface area contributed by atoms with E-state index >= 15 is 0 Å². The fraction of sp³-hybridized carbons (Fsp3) is 0.217. The molecule has 7 nitrogen and oxygen atoms in total. The van der Waals surface area contributed by atoms with Crippen LogP contribution in [0.1, 0.15) is 36.6 Å². The van der Waals surface area contributed by atoms with E-state index in [2.05, 4.69) is 10.6 Å². The average molecular weight is 407 g/mol. The fourth-order valence-electron chi connectivity index (χ4n) is 2.88. The van der Waals surface area contributed by atoms with Crippen LogP contribution in [-0.2, 0) is 25.6 Å². The van der Waals surface area contributed by atoms with Crippen molar-refractivity contribution in [3.63, 3.8) is 0 Å². The van der Waals surface area contributed by atoms with E-state index in [0.29, 0.717) is 17.5 Å². The number of primary amides is 1. The third-order valence-electron chi connectivity index (χ3n) is 4.41. The van der Waals surface area contributed by atoms with E-state index in [1.54, 1.807) is 30.3 Å². The molecule has 0 saturated carbocycles. The van der Waals surface area contributed by atoms with Gasteiger partial charge in [-0.05, 0) is 36.1 Å². The Morgan fingerprint density at radius 2 is 1.57 bits per heavy atom. The number of ketones is 1. The van der Waals surface area contributed by atoms with Gasteiger partial charge >= 0.3 is 0 Å². The molecule has 0 aliphatic heterocycles. The number of benzene rings is 2. The SMILES string of the molecule is CC(=O)NC(C(=O)NC(Cc1ccccc1)C(C)=O)c1ccc(/C=C\C(N)=O)cc1. The molecule has 0 radical (unpaired) electrons. The standard InChI is InChI=1S/C23H25N3O4/c1-15(27)20(14-18-6-4-3-5-7-18)26-23(30)22(25-16(2)28)19-11-8-17(9-12-19)10-13-21(24)29/h3-13,20,22H,14H2,1-2H3,(H2,24,29)(H,25,28)(H,26,30)/b13-10-. The maximum atomic E-state index is 12.9. The van der Waals surface area contributed by atoms with E-state index in [4.69, 9.17) is 5.73 Å². The van der Waals surface area contributed by atoms with Crippen molar-refractivity contribution in [2.75, 3.05) is 0 Å². The summed E-state index contributed by atoms with van der Waals surface area (Å²) in [6.07, 6.45) is 3.13. The van der Waals surface area contributed by atoms with Gasteiger partial charge in [-0.15, -0.1) is 0 Å². The number of hydrogen-bond donors (Lipinski definition) is 3. The van der Waals surface area contributed by atoms with Gasteiger partial charge in [0.1, 0.15) is 6.04 Å². The first kappa shape index (κ1) is 22.5. The molecular formula is C23H25N3O4. The number of Topliss-reactive ketones (excluding diaryl/α,β-unsaturated/α-hetero) is 1. The van der Waals surface area contributed by atoms with Crippen LogP contribution in [0.3, 0.4) is 0 Å². The van der Waals surface area contributed by atoms with E-state index in [-0.39, 0.29) is 11.7 Å². The van der Waals surface area contributed by atoms with Gasteiger partial charge in [-0.3, -0.25) is 19.2 Å². The second-order valence-electron chi connectivity index (χ2n) is 6.90. The Hall–Kier alpha value is -3.74. The highest BCUT2D eigenvalue weighted by atomic mass is 16.2. The van der Waals surface area contributed by atoms with Crippen LogP contribution >= 0.6 is 0 Å². The summed E-state index contributed by atoms with van der Waals surface area (Å²) in [4.78, 5) is 47.5. The third kappa shape index (κ3) is 7.01. The second-order valence-corrected chi connectivity index (χ2v) is 6.90. The van der Waals surface area contributed by atoms with Crippen LogP contribution in [-0.4, -0.2) is 29.5 Å². The van der Waals surface area contributed by atoms with Crippen LogP contribution in [0.25, 0.3) is 6.08 Å². The van der Waals surface area contributed by atoms with Crippen molar-refractivity contribution in [3.8, 4) is 0 Å². The number of hydrogen-bond acceptors (Lipinski definition) is 4. The van der Waals surface area contributed by atoms with Gasteiger partial charge in [-0.25, -0.2) is 0 Å². The van der Waals surface area contributed by atoms with Gasteiger partial charge in [0.15, 0.2) is 5.78 Å². The molecule has 0 aliphatic carbocycles. The van der Waals surface area contributed by atoms with Crippen LogP contribution in [0.5, 0.6) is 0 Å². The Morgan fingerprint density at radius 1 is 0.933 bits per heavy atom. The van der Waals surface area contributed by atoms with Crippen LogP contribution < -0.4 is 16.4 Å². The summed E-state index contributed by atoms with van der Waals surface area (Å²) < 4.78 is 0. The molecule has 0 saturated heterocycles. The molecule has 4 N–H and O–H groups in total. The lowest BCUT2D eigenvalue weighted by Gasteiger charge is -2.22. The highest BCUT2D eigenvalue weighted by molar-refractivity contribution is 5.93. The molecule has 2 atom stereocenters. The van der Waals surface area contributed by atoms with Crippen molar-refractivity contribution in [1.82, 2.24) is 10.6 Å². The molecule has 2 rings (SSSR count). The first-order valence-electron chi connectivity index (χ1n) is 9.45. The minimum absolute atomic E-state index is 0.180. The van der Waals surface area contributed by atoms with E-state index in [1.165, 1.54) is 19.9 Å². The lowest BCUT2D eigenvalue weighted by Crippen LogP contribution is -2.47. The molecule has 2 unspecified atom stereocenters. The molecule has 0 spiro atoms. The molecule has 2 aromatic carbocycles. The predicted octanol–water partition coefficient (Wildman–Crippen LogP) is 1.68. The Labute approximate surface area is 175 Å². The highest BCUT2D eigenvalue weighted by Crippen LogP contribution is 2.16. The zero-order valence-corrected chi connectivity index (χ0v) is 16.9. The summed E-state index contributed by atoms with van der Waals surface area (Å²) in [6, 6.07) is 14.4. The predicted molar refractivity (Wildman–Crippen MR) is 114 cm³/mol. The van der Waals surface area contributed by atoms with Crippen molar-refractivity contribution in [2.45, 2.75) is 32.4 Å². The Balaban J connectivity index is 2.20. The molecule has 156 valence electrons. The van der Waals surface area contributed by atoms with Crippen LogP contribution in [0.15, 0.2) is 60.7 Å². The molecule has 3 amide bonds. The fourth-order valence-corrected chi connectivity index (χ4v) is 2.88. The van der Waals surface area contributed by atoms with E-state index < -0.39 is 23.9 Å². The minimum Gasteiger partial charge on any atom is -0.366 e. The Morgan fingerprint density at radius 3 is 2.10 bits per heavy atom. The lowest BCUT2D eigenvalue weighted by atomic mass is 10.0. The lowest BCUT2D eigenvalue weighted by molar-refractivity contribution is -0.130. The van der Waals surface area contributed by atoms with E-state index in [9.17, 15) is 19.2 Å². The number of carbonyl (C=O) groups excluding carboxylic acids is 4. The van der Waals surface area contributed by atoms with Gasteiger partial charge in [0, 0.05) is 13.0 Å². The van der Waals surface area contributed by atoms with Crippen molar-refractivity contribution in [3.05, 3.63) is 77.4 Å². The van der Waals surface area contributed by atoms with E-state index in [0.717, 1.165) is 5.56 Å². The smallest absolute Gasteiger partial charge is 0.247 e. The van der Waals surface area contributed by atoms with Crippen molar-refractivity contribution in [2.24, 2.45) is 5.73 Å². The summed E-state index contributed by atoms with van der Waals surface area (Å²) in [5.41, 5.74) is 7.26. The van der Waals surface area contributed by atoms with Gasteiger partial charge in [0.2, 0.25) is 17.7 Å². The van der Waals surface area contributed by atoms with Gasteiger partial charge in [0.05, 0.1) is 6.04 Å². The maximum Gasteiger partial charge on any atom is 0.247 e. The molecule has 0 heterocycles. The Kier molecular flexibility index (Phi) is 8.05. The quantitative estimate of drug-likeness (QED) is 0.548. The van der Waals surface area contributed by atoms with Crippen LogP contribution in [0.2, 0.25) is 0 Å². The van der Waals surface area contributed by atoms with Gasteiger partial charge in [-0.2, -0.15) is 0 Å². The normalized spacial score (nSPS) is 12.7. The summed E-state index contributed by atoms with van der Waals surface area (Å²) in [5, 5.41) is 5.36. The van der Waals surface area contributed by atoms with E-state index in [1.807, 2.05) is 30.3 Å². The monoisotopic (exact) mass is 407 g/mol. The zero-order valence-electron chi connectivity index (χ0n) is 16.9. The maximum absolute atomic E-state index is 12.9. The number of carbonyl (C=O) groups is 4. The minimum atomic E-state index is -0.964. The first-order valence-corrected chi connectivity index (χ1v) is 9.45. The number of nitrogens with two attached hydrogens (primary N) is 1. The van der Waals surface area contributed by atoms with Gasteiger partial charge in [0.25, 0.3) is 0 Å².